The quantitative estimate of drug-likeness (QED) is 0.734. The molecule has 0 spiro atoms. The van der Waals surface area contributed by atoms with E-state index in [1.807, 2.05) is 0 Å². The Labute approximate surface area is 145 Å². The van der Waals surface area contributed by atoms with Crippen LogP contribution < -0.4 is 17.3 Å². The predicted molar refractivity (Wildman–Crippen MR) is 90.2 cm³/mol. The smallest absolute Gasteiger partial charge is 0.115 e. The third-order valence-electron chi connectivity index (χ3n) is 4.80. The SMILES string of the molecule is C[NH+](C)CCCC1(O)c2ccccc2CCc2ccccc21.[Cl-]. The summed E-state index contributed by atoms with van der Waals surface area (Å²) in [6, 6.07) is 16.8. The highest BCUT2D eigenvalue weighted by Gasteiger charge is 2.36. The van der Waals surface area contributed by atoms with Crippen LogP contribution in [0.1, 0.15) is 35.1 Å². The number of halogens is 1. The van der Waals surface area contributed by atoms with Gasteiger partial charge in [-0.05, 0) is 47.9 Å². The Hall–Kier alpha value is -1.35. The van der Waals surface area contributed by atoms with Gasteiger partial charge in [-0.1, -0.05) is 48.5 Å². The van der Waals surface area contributed by atoms with Crippen molar-refractivity contribution in [3.05, 3.63) is 70.8 Å². The van der Waals surface area contributed by atoms with Gasteiger partial charge in [-0.2, -0.15) is 0 Å². The van der Waals surface area contributed by atoms with Gasteiger partial charge in [0.1, 0.15) is 5.60 Å². The average molecular weight is 332 g/mol. The van der Waals surface area contributed by atoms with Crippen molar-refractivity contribution in [2.24, 2.45) is 0 Å². The molecule has 3 heteroatoms. The van der Waals surface area contributed by atoms with Gasteiger partial charge in [0.15, 0.2) is 0 Å². The van der Waals surface area contributed by atoms with Gasteiger partial charge in [0.2, 0.25) is 0 Å². The molecule has 0 fully saturated rings. The van der Waals surface area contributed by atoms with E-state index in [4.69, 9.17) is 0 Å². The molecule has 0 saturated heterocycles. The molecular weight excluding hydrogens is 306 g/mol. The summed E-state index contributed by atoms with van der Waals surface area (Å²) in [6.07, 6.45) is 3.82. The first-order valence-corrected chi connectivity index (χ1v) is 8.29. The van der Waals surface area contributed by atoms with E-state index in [-0.39, 0.29) is 12.4 Å². The molecule has 23 heavy (non-hydrogen) atoms. The predicted octanol–water partition coefficient (Wildman–Crippen LogP) is -1.05. The van der Waals surface area contributed by atoms with Crippen LogP contribution >= 0.6 is 0 Å². The van der Waals surface area contributed by atoms with Gasteiger partial charge in [0.05, 0.1) is 20.6 Å². The van der Waals surface area contributed by atoms with Crippen LogP contribution in [0, 0.1) is 0 Å². The molecule has 0 heterocycles. The normalized spacial score (nSPS) is 15.3. The molecule has 1 aliphatic carbocycles. The Bertz CT molecular complexity index is 606. The lowest BCUT2D eigenvalue weighted by Gasteiger charge is -2.31. The van der Waals surface area contributed by atoms with Crippen LogP contribution in [-0.4, -0.2) is 25.7 Å². The molecule has 0 amide bonds. The van der Waals surface area contributed by atoms with Gasteiger partial charge in [-0.25, -0.2) is 0 Å². The van der Waals surface area contributed by atoms with Crippen molar-refractivity contribution < 1.29 is 22.4 Å². The Kier molecular flexibility index (Phi) is 5.85. The van der Waals surface area contributed by atoms with Crippen LogP contribution in [0.4, 0.5) is 0 Å². The van der Waals surface area contributed by atoms with Crippen molar-refractivity contribution in [3.63, 3.8) is 0 Å². The van der Waals surface area contributed by atoms with Gasteiger partial charge in [-0.3, -0.25) is 0 Å². The zero-order chi connectivity index (χ0) is 15.6. The lowest BCUT2D eigenvalue weighted by atomic mass is 9.80. The third kappa shape index (κ3) is 3.60. The Morgan fingerprint density at radius 1 is 0.913 bits per heavy atom. The molecule has 124 valence electrons. The molecule has 1 aliphatic rings. The summed E-state index contributed by atoms with van der Waals surface area (Å²) in [6.45, 7) is 1.08. The standard InChI is InChI=1S/C20H25NO.ClH/c1-21(2)15-7-14-20(22)18-10-5-3-8-16(18)12-13-17-9-4-6-11-19(17)20;/h3-6,8-11,22H,7,12-15H2,1-2H3;1H. The lowest BCUT2D eigenvalue weighted by molar-refractivity contribution is -0.858. The summed E-state index contributed by atoms with van der Waals surface area (Å²) in [7, 11) is 4.33. The van der Waals surface area contributed by atoms with E-state index >= 15 is 0 Å². The van der Waals surface area contributed by atoms with Crippen molar-refractivity contribution in [1.82, 2.24) is 0 Å². The van der Waals surface area contributed by atoms with Crippen molar-refractivity contribution in [2.75, 3.05) is 20.6 Å². The average Bonchev–Trinajstić information content (AvgIpc) is 2.64. The van der Waals surface area contributed by atoms with Crippen LogP contribution in [0.5, 0.6) is 0 Å². The number of aryl methyl sites for hydroxylation is 2. The van der Waals surface area contributed by atoms with E-state index in [1.165, 1.54) is 16.0 Å². The number of quaternary nitrogens is 1. The second kappa shape index (κ2) is 7.48. The number of hydrogen-bond donors (Lipinski definition) is 2. The second-order valence-electron chi connectivity index (χ2n) is 6.74. The van der Waals surface area contributed by atoms with E-state index in [9.17, 15) is 5.11 Å². The highest BCUT2D eigenvalue weighted by atomic mass is 35.5. The maximum Gasteiger partial charge on any atom is 0.115 e. The largest absolute Gasteiger partial charge is 1.00 e. The van der Waals surface area contributed by atoms with Crippen LogP contribution in [0.2, 0.25) is 0 Å². The monoisotopic (exact) mass is 331 g/mol. The van der Waals surface area contributed by atoms with Crippen molar-refractivity contribution in [2.45, 2.75) is 31.3 Å². The molecule has 0 bridgehead atoms. The third-order valence-corrected chi connectivity index (χ3v) is 4.80. The van der Waals surface area contributed by atoms with Gasteiger partial charge in [0.25, 0.3) is 0 Å². The molecule has 2 N–H and O–H groups in total. The molecule has 0 aromatic heterocycles. The lowest BCUT2D eigenvalue weighted by Crippen LogP contribution is -3.05. The first kappa shape index (κ1) is 18.0. The van der Waals surface area contributed by atoms with Crippen LogP contribution in [0.3, 0.4) is 0 Å². The molecule has 0 unspecified atom stereocenters. The minimum atomic E-state index is -0.848. The van der Waals surface area contributed by atoms with Crippen LogP contribution in [-0.2, 0) is 18.4 Å². The maximum absolute atomic E-state index is 11.7. The van der Waals surface area contributed by atoms with Gasteiger partial charge < -0.3 is 22.4 Å². The Balaban J connectivity index is 0.00000192. The minimum Gasteiger partial charge on any atom is -1.00 e. The fourth-order valence-corrected chi connectivity index (χ4v) is 3.67. The fourth-order valence-electron chi connectivity index (χ4n) is 3.67. The molecule has 2 nitrogen and oxygen atoms in total. The van der Waals surface area contributed by atoms with Crippen molar-refractivity contribution >= 4 is 0 Å². The van der Waals surface area contributed by atoms with Gasteiger partial charge in [0, 0.05) is 0 Å². The number of aliphatic hydroxyl groups is 1. The highest BCUT2D eigenvalue weighted by Crippen LogP contribution is 2.40. The summed E-state index contributed by atoms with van der Waals surface area (Å²) >= 11 is 0. The molecule has 0 atom stereocenters. The number of fused-ring (bicyclic) bond motifs is 2. The minimum absolute atomic E-state index is 0. The molecule has 0 saturated carbocycles. The summed E-state index contributed by atoms with van der Waals surface area (Å²) < 4.78 is 0. The van der Waals surface area contributed by atoms with Crippen LogP contribution in [0.15, 0.2) is 48.5 Å². The Morgan fingerprint density at radius 2 is 1.39 bits per heavy atom. The number of hydrogen-bond acceptors (Lipinski definition) is 1. The van der Waals surface area contributed by atoms with Crippen molar-refractivity contribution in [1.29, 1.82) is 0 Å². The zero-order valence-corrected chi connectivity index (χ0v) is 14.7. The second-order valence-corrected chi connectivity index (χ2v) is 6.74. The van der Waals surface area contributed by atoms with E-state index in [0.29, 0.717) is 0 Å². The number of rotatable bonds is 4. The molecule has 0 radical (unpaired) electrons. The van der Waals surface area contributed by atoms with E-state index in [1.54, 1.807) is 0 Å². The van der Waals surface area contributed by atoms with Crippen molar-refractivity contribution in [3.8, 4) is 0 Å². The van der Waals surface area contributed by atoms with Gasteiger partial charge >= 0.3 is 0 Å². The molecule has 2 aromatic carbocycles. The Morgan fingerprint density at radius 3 is 1.87 bits per heavy atom. The molecular formula is C20H26ClNO. The number of nitrogens with one attached hydrogen (secondary N) is 1. The molecule has 2 aromatic rings. The number of benzene rings is 2. The first-order chi connectivity index (χ1) is 10.6. The van der Waals surface area contributed by atoms with Crippen LogP contribution in [0.25, 0.3) is 0 Å². The van der Waals surface area contributed by atoms with E-state index < -0.39 is 5.60 Å². The summed E-state index contributed by atoms with van der Waals surface area (Å²) in [5.74, 6) is 0. The summed E-state index contributed by atoms with van der Waals surface area (Å²) in [4.78, 5) is 1.43. The fraction of sp³-hybridized carbons (Fsp3) is 0.400. The van der Waals surface area contributed by atoms with E-state index in [2.05, 4.69) is 62.6 Å². The van der Waals surface area contributed by atoms with E-state index in [0.717, 1.165) is 43.4 Å². The topological polar surface area (TPSA) is 24.7 Å². The summed E-state index contributed by atoms with van der Waals surface area (Å²) in [5.41, 5.74) is 3.94. The molecule has 3 rings (SSSR count). The summed E-state index contributed by atoms with van der Waals surface area (Å²) in [5, 5.41) is 11.7. The highest BCUT2D eigenvalue weighted by molar-refractivity contribution is 5.47. The van der Waals surface area contributed by atoms with Gasteiger partial charge in [-0.15, -0.1) is 0 Å². The first-order valence-electron chi connectivity index (χ1n) is 8.29. The zero-order valence-electron chi connectivity index (χ0n) is 14.0. The maximum atomic E-state index is 11.7. The molecule has 0 aliphatic heterocycles.